The predicted octanol–water partition coefficient (Wildman–Crippen LogP) is 3.85. The maximum absolute atomic E-state index is 13.2. The summed E-state index contributed by atoms with van der Waals surface area (Å²) in [6.45, 7) is 1.37. The minimum atomic E-state index is -0.707. The number of piperidine rings is 1. The summed E-state index contributed by atoms with van der Waals surface area (Å²) in [6.07, 6.45) is 0.327. The van der Waals surface area contributed by atoms with Crippen molar-refractivity contribution >= 4 is 17.6 Å². The summed E-state index contributed by atoms with van der Waals surface area (Å²) in [7, 11) is 0. The Morgan fingerprint density at radius 3 is 2.52 bits per heavy atom. The Labute approximate surface area is 149 Å². The van der Waals surface area contributed by atoms with Gasteiger partial charge in [0.1, 0.15) is 17.7 Å². The molecule has 25 heavy (non-hydrogen) atoms. The summed E-state index contributed by atoms with van der Waals surface area (Å²) in [4.78, 5) is 12.2. The number of benzene rings is 2. The van der Waals surface area contributed by atoms with E-state index < -0.39 is 17.6 Å². The predicted molar refractivity (Wildman–Crippen MR) is 91.6 cm³/mol. The fourth-order valence-electron chi connectivity index (χ4n) is 3.14. The highest BCUT2D eigenvalue weighted by molar-refractivity contribution is 6.30. The van der Waals surface area contributed by atoms with E-state index in [0.717, 1.165) is 36.7 Å². The lowest BCUT2D eigenvalue weighted by atomic mass is 9.88. The van der Waals surface area contributed by atoms with Gasteiger partial charge in [0.2, 0.25) is 0 Å². The molecule has 1 fully saturated rings. The molecule has 6 heteroatoms. The van der Waals surface area contributed by atoms with Gasteiger partial charge in [-0.25, -0.2) is 8.78 Å². The van der Waals surface area contributed by atoms with Crippen molar-refractivity contribution in [1.29, 1.82) is 0 Å². The first kappa shape index (κ1) is 17.8. The molecule has 0 aromatic heterocycles. The van der Waals surface area contributed by atoms with Crippen LogP contribution in [0.2, 0.25) is 5.02 Å². The second-order valence-electron chi connectivity index (χ2n) is 6.13. The Kier molecular flexibility index (Phi) is 5.66. The monoisotopic (exact) mass is 365 g/mol. The van der Waals surface area contributed by atoms with E-state index in [1.807, 2.05) is 24.3 Å². The zero-order valence-corrected chi connectivity index (χ0v) is 14.2. The first-order valence-corrected chi connectivity index (χ1v) is 8.49. The molecule has 1 heterocycles. The number of ether oxygens (including phenoxy) is 1. The molecule has 0 bridgehead atoms. The summed E-state index contributed by atoms with van der Waals surface area (Å²) < 4.78 is 32.1. The Bertz CT molecular complexity index is 731. The van der Waals surface area contributed by atoms with Crippen LogP contribution >= 0.6 is 11.6 Å². The first-order valence-electron chi connectivity index (χ1n) is 8.12. The quantitative estimate of drug-likeness (QED) is 0.836. The van der Waals surface area contributed by atoms with Crippen molar-refractivity contribution in [3.8, 4) is 0 Å². The topological polar surface area (TPSA) is 38.3 Å². The average molecular weight is 366 g/mol. The lowest BCUT2D eigenvalue weighted by molar-refractivity contribution is -0.150. The van der Waals surface area contributed by atoms with Crippen LogP contribution in [0.1, 0.15) is 23.5 Å². The highest BCUT2D eigenvalue weighted by Gasteiger charge is 2.29. The molecule has 0 unspecified atom stereocenters. The van der Waals surface area contributed by atoms with Crippen molar-refractivity contribution in [2.45, 2.75) is 24.9 Å². The molecule has 0 amide bonds. The summed E-state index contributed by atoms with van der Waals surface area (Å²) in [5, 5.41) is 3.86. The van der Waals surface area contributed by atoms with Crippen LogP contribution in [0.4, 0.5) is 8.78 Å². The number of esters is 1. The van der Waals surface area contributed by atoms with Gasteiger partial charge in [-0.05, 0) is 48.4 Å². The highest BCUT2D eigenvalue weighted by Crippen LogP contribution is 2.29. The maximum Gasteiger partial charge on any atom is 0.310 e. The number of nitrogens with one attached hydrogen (secondary N) is 1. The Morgan fingerprint density at radius 1 is 1.16 bits per heavy atom. The van der Waals surface area contributed by atoms with E-state index in [1.165, 1.54) is 0 Å². The number of carbonyl (C=O) groups excluding carboxylic acids is 1. The SMILES string of the molecule is O=C(Cc1cc(F)cc(F)c1)O[C@H]1CNCC[C@@H]1c1ccc(Cl)cc1. The van der Waals surface area contributed by atoms with Gasteiger partial charge < -0.3 is 10.1 Å². The van der Waals surface area contributed by atoms with Gasteiger partial charge in [-0.2, -0.15) is 0 Å². The molecule has 1 N–H and O–H groups in total. The molecule has 0 radical (unpaired) electrons. The van der Waals surface area contributed by atoms with Crippen molar-refractivity contribution in [1.82, 2.24) is 5.32 Å². The van der Waals surface area contributed by atoms with Crippen LogP contribution in [-0.4, -0.2) is 25.2 Å². The van der Waals surface area contributed by atoms with Crippen LogP contribution < -0.4 is 5.32 Å². The van der Waals surface area contributed by atoms with Crippen LogP contribution in [0, 0.1) is 11.6 Å². The molecule has 3 nitrogen and oxygen atoms in total. The van der Waals surface area contributed by atoms with Crippen molar-refractivity contribution in [2.24, 2.45) is 0 Å². The molecular weight excluding hydrogens is 348 g/mol. The van der Waals surface area contributed by atoms with Gasteiger partial charge in [0.25, 0.3) is 0 Å². The summed E-state index contributed by atoms with van der Waals surface area (Å²) in [5.74, 6) is -1.85. The van der Waals surface area contributed by atoms with Gasteiger partial charge >= 0.3 is 5.97 Å². The lowest BCUT2D eigenvalue weighted by Crippen LogP contribution is -2.42. The molecule has 0 saturated carbocycles. The van der Waals surface area contributed by atoms with Gasteiger partial charge in [-0.1, -0.05) is 23.7 Å². The Balaban J connectivity index is 1.68. The number of hydrogen-bond donors (Lipinski definition) is 1. The van der Waals surface area contributed by atoms with E-state index in [1.54, 1.807) is 0 Å². The van der Waals surface area contributed by atoms with Crippen LogP contribution in [0.25, 0.3) is 0 Å². The normalized spacial score (nSPS) is 20.3. The minimum absolute atomic E-state index is 0.0618. The third kappa shape index (κ3) is 4.77. The van der Waals surface area contributed by atoms with Crippen LogP contribution in [0.15, 0.2) is 42.5 Å². The standard InChI is InChI=1S/C19H18ClF2NO2/c20-14-3-1-13(2-4-14)17-5-6-23-11-18(17)25-19(24)9-12-7-15(21)10-16(22)8-12/h1-4,7-8,10,17-18,23H,5-6,9,11H2/t17-,18+/m1/s1. The van der Waals surface area contributed by atoms with E-state index in [-0.39, 0.29) is 24.0 Å². The van der Waals surface area contributed by atoms with E-state index in [4.69, 9.17) is 16.3 Å². The molecule has 2 aromatic rings. The van der Waals surface area contributed by atoms with Crippen molar-refractivity contribution in [3.63, 3.8) is 0 Å². The van der Waals surface area contributed by atoms with Crippen LogP contribution in [0.5, 0.6) is 0 Å². The van der Waals surface area contributed by atoms with E-state index in [0.29, 0.717) is 11.6 Å². The average Bonchev–Trinajstić information content (AvgIpc) is 2.55. The molecule has 132 valence electrons. The van der Waals surface area contributed by atoms with E-state index in [2.05, 4.69) is 5.32 Å². The van der Waals surface area contributed by atoms with Gasteiger partial charge in [0.05, 0.1) is 6.42 Å². The first-order chi connectivity index (χ1) is 12.0. The van der Waals surface area contributed by atoms with Gasteiger partial charge in [0, 0.05) is 23.6 Å². The van der Waals surface area contributed by atoms with Gasteiger partial charge in [-0.3, -0.25) is 4.79 Å². The van der Waals surface area contributed by atoms with Gasteiger partial charge in [0.15, 0.2) is 0 Å². The molecule has 2 aromatic carbocycles. The summed E-state index contributed by atoms with van der Waals surface area (Å²) in [6, 6.07) is 10.5. The summed E-state index contributed by atoms with van der Waals surface area (Å²) >= 11 is 5.93. The Hall–Kier alpha value is -1.98. The third-order valence-corrected chi connectivity index (χ3v) is 4.53. The minimum Gasteiger partial charge on any atom is -0.460 e. The third-order valence-electron chi connectivity index (χ3n) is 4.28. The van der Waals surface area contributed by atoms with Crippen molar-refractivity contribution in [3.05, 3.63) is 70.2 Å². The fraction of sp³-hybridized carbons (Fsp3) is 0.316. The molecular formula is C19H18ClF2NO2. The van der Waals surface area contributed by atoms with Crippen molar-refractivity contribution < 1.29 is 18.3 Å². The number of carbonyl (C=O) groups is 1. The van der Waals surface area contributed by atoms with Gasteiger partial charge in [-0.15, -0.1) is 0 Å². The Morgan fingerprint density at radius 2 is 1.84 bits per heavy atom. The molecule has 1 saturated heterocycles. The number of halogens is 3. The second-order valence-corrected chi connectivity index (χ2v) is 6.57. The molecule has 2 atom stereocenters. The number of rotatable bonds is 4. The number of hydrogen-bond acceptors (Lipinski definition) is 3. The molecule has 0 spiro atoms. The fourth-order valence-corrected chi connectivity index (χ4v) is 3.26. The van der Waals surface area contributed by atoms with Crippen molar-refractivity contribution in [2.75, 3.05) is 13.1 Å². The largest absolute Gasteiger partial charge is 0.460 e. The smallest absolute Gasteiger partial charge is 0.310 e. The maximum atomic E-state index is 13.2. The molecule has 0 aliphatic carbocycles. The van der Waals surface area contributed by atoms with E-state index in [9.17, 15) is 13.6 Å². The van der Waals surface area contributed by atoms with E-state index >= 15 is 0 Å². The molecule has 1 aliphatic heterocycles. The second kappa shape index (κ2) is 7.93. The zero-order valence-electron chi connectivity index (χ0n) is 13.5. The molecule has 3 rings (SSSR count). The zero-order chi connectivity index (χ0) is 17.8. The highest BCUT2D eigenvalue weighted by atomic mass is 35.5. The lowest BCUT2D eigenvalue weighted by Gasteiger charge is -2.32. The molecule has 1 aliphatic rings. The van der Waals surface area contributed by atoms with Crippen LogP contribution in [0.3, 0.4) is 0 Å². The summed E-state index contributed by atoms with van der Waals surface area (Å²) in [5.41, 5.74) is 1.31. The van der Waals surface area contributed by atoms with Crippen LogP contribution in [-0.2, 0) is 16.0 Å².